The van der Waals surface area contributed by atoms with Crippen LogP contribution in [0, 0.1) is 0 Å². The summed E-state index contributed by atoms with van der Waals surface area (Å²) in [5.74, 6) is 1.97. The monoisotopic (exact) mass is 245 g/mol. The topological polar surface area (TPSA) is 30.9 Å². The maximum absolute atomic E-state index is 5.78. The largest absolute Gasteiger partial charge is 0.494 e. The third-order valence-corrected chi connectivity index (χ3v) is 2.63. The lowest BCUT2D eigenvalue weighted by Crippen LogP contribution is -2.15. The van der Waals surface area contributed by atoms with Crippen molar-refractivity contribution in [3.05, 3.63) is 12.1 Å². The smallest absolute Gasteiger partial charge is 0.164 e. The van der Waals surface area contributed by atoms with E-state index in [0.717, 1.165) is 5.69 Å². The number of methoxy groups -OCH3 is 3. The zero-order valence-corrected chi connectivity index (χ0v) is 10.7. The molecule has 0 unspecified atom stereocenters. The molecule has 0 fully saturated rings. The first-order valence-electron chi connectivity index (χ1n) is 4.75. The summed E-state index contributed by atoms with van der Waals surface area (Å²) in [4.78, 5) is 1.85. The van der Waals surface area contributed by atoms with Gasteiger partial charge < -0.3 is 19.1 Å². The SMILES string of the molecule is COc1cc(OC)c(N(C)CCl)cc1OC. The number of nitrogens with zero attached hydrogens (tertiary/aromatic N) is 1. The lowest BCUT2D eigenvalue weighted by molar-refractivity contribution is 0.349. The second kappa shape index (κ2) is 5.70. The molecule has 0 saturated heterocycles. The van der Waals surface area contributed by atoms with Gasteiger partial charge in [-0.1, -0.05) is 0 Å². The second-order valence-corrected chi connectivity index (χ2v) is 3.44. The zero-order chi connectivity index (χ0) is 12.1. The molecule has 1 aromatic carbocycles. The first kappa shape index (κ1) is 12.8. The fraction of sp³-hybridized carbons (Fsp3) is 0.455. The van der Waals surface area contributed by atoms with Crippen molar-refractivity contribution in [2.75, 3.05) is 39.3 Å². The molecule has 0 N–H and O–H groups in total. The molecule has 0 spiro atoms. The molecule has 0 aromatic heterocycles. The summed E-state index contributed by atoms with van der Waals surface area (Å²) >= 11 is 5.78. The Hall–Kier alpha value is -1.29. The van der Waals surface area contributed by atoms with Gasteiger partial charge in [-0.2, -0.15) is 0 Å². The van der Waals surface area contributed by atoms with Gasteiger partial charge in [0.05, 0.1) is 33.0 Å². The van der Waals surface area contributed by atoms with Crippen LogP contribution in [0.25, 0.3) is 0 Å². The highest BCUT2D eigenvalue weighted by Gasteiger charge is 2.14. The van der Waals surface area contributed by atoms with Crippen molar-refractivity contribution in [2.24, 2.45) is 0 Å². The Kier molecular flexibility index (Phi) is 4.55. The van der Waals surface area contributed by atoms with Crippen LogP contribution in [0.2, 0.25) is 0 Å². The van der Waals surface area contributed by atoms with Crippen LogP contribution in [0.4, 0.5) is 5.69 Å². The van der Waals surface area contributed by atoms with E-state index in [2.05, 4.69) is 0 Å². The van der Waals surface area contributed by atoms with Gasteiger partial charge in [0.1, 0.15) is 5.75 Å². The number of hydrogen-bond acceptors (Lipinski definition) is 4. The third-order valence-electron chi connectivity index (χ3n) is 2.28. The number of rotatable bonds is 5. The minimum Gasteiger partial charge on any atom is -0.494 e. The fourth-order valence-corrected chi connectivity index (χ4v) is 1.50. The molecule has 0 aliphatic heterocycles. The minimum absolute atomic E-state index is 0.367. The average molecular weight is 246 g/mol. The Morgan fingerprint density at radius 2 is 1.50 bits per heavy atom. The van der Waals surface area contributed by atoms with E-state index in [9.17, 15) is 0 Å². The quantitative estimate of drug-likeness (QED) is 0.589. The highest BCUT2D eigenvalue weighted by molar-refractivity contribution is 6.19. The van der Waals surface area contributed by atoms with E-state index in [1.54, 1.807) is 27.4 Å². The van der Waals surface area contributed by atoms with Crippen molar-refractivity contribution in [1.29, 1.82) is 0 Å². The third kappa shape index (κ3) is 2.44. The van der Waals surface area contributed by atoms with Crippen molar-refractivity contribution in [1.82, 2.24) is 0 Å². The Morgan fingerprint density at radius 1 is 1.00 bits per heavy atom. The summed E-state index contributed by atoms with van der Waals surface area (Å²) in [6.07, 6.45) is 0. The van der Waals surface area contributed by atoms with Crippen molar-refractivity contribution in [3.63, 3.8) is 0 Å². The predicted molar refractivity (Wildman–Crippen MR) is 65.2 cm³/mol. The fourth-order valence-electron chi connectivity index (χ4n) is 1.38. The standard InChI is InChI=1S/C11H16ClNO3/c1-13(7-12)8-5-10(15-3)11(16-4)6-9(8)14-2/h5-6H,7H2,1-4H3. The van der Waals surface area contributed by atoms with E-state index in [-0.39, 0.29) is 0 Å². The van der Waals surface area contributed by atoms with Crippen molar-refractivity contribution >= 4 is 17.3 Å². The summed E-state index contributed by atoms with van der Waals surface area (Å²) < 4.78 is 15.7. The molecule has 0 saturated carbocycles. The molecule has 0 aliphatic carbocycles. The molecule has 90 valence electrons. The van der Waals surface area contributed by atoms with E-state index in [4.69, 9.17) is 25.8 Å². The lowest BCUT2D eigenvalue weighted by atomic mass is 10.2. The predicted octanol–water partition coefficient (Wildman–Crippen LogP) is 2.34. The molecule has 0 aliphatic rings. The Labute approximate surface area is 101 Å². The Morgan fingerprint density at radius 3 is 1.94 bits per heavy atom. The molecule has 0 radical (unpaired) electrons. The van der Waals surface area contributed by atoms with Gasteiger partial charge in [-0.15, -0.1) is 11.6 Å². The van der Waals surface area contributed by atoms with E-state index in [1.807, 2.05) is 18.0 Å². The van der Waals surface area contributed by atoms with Gasteiger partial charge in [-0.25, -0.2) is 0 Å². The van der Waals surface area contributed by atoms with Crippen LogP contribution in [0.15, 0.2) is 12.1 Å². The molecule has 1 rings (SSSR count). The second-order valence-electron chi connectivity index (χ2n) is 3.20. The molecular weight excluding hydrogens is 230 g/mol. The van der Waals surface area contributed by atoms with Gasteiger partial charge in [0.25, 0.3) is 0 Å². The van der Waals surface area contributed by atoms with Gasteiger partial charge in [-0.05, 0) is 0 Å². The normalized spacial score (nSPS) is 9.81. The molecule has 0 bridgehead atoms. The zero-order valence-electron chi connectivity index (χ0n) is 9.91. The highest BCUT2D eigenvalue weighted by Crippen LogP contribution is 2.39. The van der Waals surface area contributed by atoms with E-state index >= 15 is 0 Å². The van der Waals surface area contributed by atoms with Crippen molar-refractivity contribution in [2.45, 2.75) is 0 Å². The Bertz CT molecular complexity index is 357. The van der Waals surface area contributed by atoms with Crippen LogP contribution < -0.4 is 19.1 Å². The summed E-state index contributed by atoms with van der Waals surface area (Å²) in [5.41, 5.74) is 0.857. The van der Waals surface area contributed by atoms with Gasteiger partial charge in [0, 0.05) is 19.2 Å². The molecule has 0 atom stereocenters. The van der Waals surface area contributed by atoms with Crippen molar-refractivity contribution < 1.29 is 14.2 Å². The van der Waals surface area contributed by atoms with Crippen LogP contribution in [0.1, 0.15) is 0 Å². The van der Waals surface area contributed by atoms with Crippen LogP contribution in [0.3, 0.4) is 0 Å². The average Bonchev–Trinajstić information content (AvgIpc) is 2.35. The molecule has 1 aromatic rings. The van der Waals surface area contributed by atoms with Gasteiger partial charge in [0.2, 0.25) is 0 Å². The summed E-state index contributed by atoms with van der Waals surface area (Å²) in [5, 5.41) is 0. The summed E-state index contributed by atoms with van der Waals surface area (Å²) in [6.45, 7) is 0. The van der Waals surface area contributed by atoms with E-state index in [0.29, 0.717) is 23.3 Å². The van der Waals surface area contributed by atoms with Crippen LogP contribution >= 0.6 is 11.6 Å². The maximum atomic E-state index is 5.78. The van der Waals surface area contributed by atoms with Gasteiger partial charge in [-0.3, -0.25) is 0 Å². The minimum atomic E-state index is 0.367. The lowest BCUT2D eigenvalue weighted by Gasteiger charge is -2.20. The highest BCUT2D eigenvalue weighted by atomic mass is 35.5. The molecular formula is C11H16ClNO3. The molecule has 0 heterocycles. The number of hydrogen-bond donors (Lipinski definition) is 0. The number of halogens is 1. The number of benzene rings is 1. The Balaban J connectivity index is 3.25. The first-order valence-corrected chi connectivity index (χ1v) is 5.28. The molecule has 4 nitrogen and oxygen atoms in total. The van der Waals surface area contributed by atoms with Crippen LogP contribution in [-0.2, 0) is 0 Å². The number of alkyl halides is 1. The summed E-state index contributed by atoms with van der Waals surface area (Å²) in [6, 6.07) is 3.98. The molecule has 0 amide bonds. The molecule has 5 heteroatoms. The number of anilines is 1. The van der Waals surface area contributed by atoms with E-state index in [1.165, 1.54) is 0 Å². The maximum Gasteiger partial charge on any atom is 0.164 e. The van der Waals surface area contributed by atoms with Crippen LogP contribution in [-0.4, -0.2) is 34.4 Å². The van der Waals surface area contributed by atoms with Crippen LogP contribution in [0.5, 0.6) is 17.2 Å². The molecule has 16 heavy (non-hydrogen) atoms. The van der Waals surface area contributed by atoms with Gasteiger partial charge in [0.15, 0.2) is 11.5 Å². The first-order chi connectivity index (χ1) is 7.67. The van der Waals surface area contributed by atoms with Gasteiger partial charge >= 0.3 is 0 Å². The summed E-state index contributed by atoms with van der Waals surface area (Å²) in [7, 11) is 6.65. The van der Waals surface area contributed by atoms with Crippen molar-refractivity contribution in [3.8, 4) is 17.2 Å². The van der Waals surface area contributed by atoms with E-state index < -0.39 is 0 Å². The number of ether oxygens (including phenoxy) is 3.